The van der Waals surface area contributed by atoms with Crippen LogP contribution >= 0.6 is 12.4 Å². The Morgan fingerprint density at radius 1 is 1.64 bits per heavy atom. The summed E-state index contributed by atoms with van der Waals surface area (Å²) in [7, 11) is 0. The molecule has 2 atom stereocenters. The monoisotopic (exact) mass is 181 g/mol. The Balaban J connectivity index is 0.000001000. The van der Waals surface area contributed by atoms with Gasteiger partial charge in [-0.25, -0.2) is 4.79 Å². The van der Waals surface area contributed by atoms with Crippen molar-refractivity contribution < 1.29 is 15.0 Å². The van der Waals surface area contributed by atoms with E-state index >= 15 is 0 Å². The number of aliphatic hydroxyl groups excluding tert-OH is 1. The zero-order valence-corrected chi connectivity index (χ0v) is 6.80. The molecule has 0 spiro atoms. The zero-order valence-electron chi connectivity index (χ0n) is 5.99. The van der Waals surface area contributed by atoms with Crippen molar-refractivity contribution in [2.75, 3.05) is 6.54 Å². The van der Waals surface area contributed by atoms with E-state index in [1.165, 1.54) is 0 Å². The number of nitrogens with one attached hydrogen (secondary N) is 1. The molecule has 1 heterocycles. The van der Waals surface area contributed by atoms with Gasteiger partial charge in [-0.05, 0) is 19.4 Å². The average Bonchev–Trinajstić information content (AvgIpc) is 2.36. The summed E-state index contributed by atoms with van der Waals surface area (Å²) in [5, 5.41) is 20.2. The first-order valence-electron chi connectivity index (χ1n) is 3.36. The standard InChI is InChI=1S/C6H11NO3.ClH/c8-5(6(9)10)4-2-1-3-7-4;/h4-5,7-8H,1-3H2,(H,9,10);1H/t4-,5+;/m0./s1. The summed E-state index contributed by atoms with van der Waals surface area (Å²) >= 11 is 0. The van der Waals surface area contributed by atoms with Crippen LogP contribution in [0.1, 0.15) is 12.8 Å². The molecule has 0 aromatic carbocycles. The second kappa shape index (κ2) is 4.54. The van der Waals surface area contributed by atoms with Crippen molar-refractivity contribution in [3.63, 3.8) is 0 Å². The molecule has 1 rings (SSSR count). The highest BCUT2D eigenvalue weighted by Crippen LogP contribution is 2.08. The molecule has 0 amide bonds. The van der Waals surface area contributed by atoms with E-state index in [9.17, 15) is 4.79 Å². The topological polar surface area (TPSA) is 69.6 Å². The van der Waals surface area contributed by atoms with E-state index in [-0.39, 0.29) is 18.4 Å². The summed E-state index contributed by atoms with van der Waals surface area (Å²) in [5.41, 5.74) is 0. The summed E-state index contributed by atoms with van der Waals surface area (Å²) in [5.74, 6) is -1.14. The van der Waals surface area contributed by atoms with Gasteiger partial charge in [0.05, 0.1) is 0 Å². The molecule has 0 unspecified atom stereocenters. The molecule has 11 heavy (non-hydrogen) atoms. The number of rotatable bonds is 2. The Labute approximate surface area is 71.0 Å². The molecule has 4 nitrogen and oxygen atoms in total. The number of halogens is 1. The number of aliphatic carboxylic acids is 1. The van der Waals surface area contributed by atoms with Crippen molar-refractivity contribution in [1.82, 2.24) is 5.32 Å². The van der Waals surface area contributed by atoms with Crippen LogP contribution in [-0.4, -0.2) is 34.9 Å². The second-order valence-corrected chi connectivity index (χ2v) is 2.49. The number of carboxylic acid groups (broad SMARTS) is 1. The number of aliphatic hydroxyl groups is 1. The molecule has 0 aliphatic carbocycles. The van der Waals surface area contributed by atoms with E-state index in [0.717, 1.165) is 19.4 Å². The number of carboxylic acids is 1. The van der Waals surface area contributed by atoms with Crippen molar-refractivity contribution in [1.29, 1.82) is 0 Å². The van der Waals surface area contributed by atoms with Gasteiger partial charge >= 0.3 is 5.97 Å². The number of hydrogen-bond acceptors (Lipinski definition) is 3. The van der Waals surface area contributed by atoms with Crippen LogP contribution in [0.2, 0.25) is 0 Å². The maximum atomic E-state index is 10.2. The summed E-state index contributed by atoms with van der Waals surface area (Å²) in [6.07, 6.45) is 0.477. The van der Waals surface area contributed by atoms with Crippen molar-refractivity contribution in [2.24, 2.45) is 0 Å². The maximum absolute atomic E-state index is 10.2. The molecule has 3 N–H and O–H groups in total. The molecular weight excluding hydrogens is 170 g/mol. The van der Waals surface area contributed by atoms with Crippen LogP contribution < -0.4 is 5.32 Å². The van der Waals surface area contributed by atoms with Crippen LogP contribution in [0, 0.1) is 0 Å². The summed E-state index contributed by atoms with van der Waals surface area (Å²) in [4.78, 5) is 10.2. The lowest BCUT2D eigenvalue weighted by Crippen LogP contribution is -2.40. The normalized spacial score (nSPS) is 25.7. The quantitative estimate of drug-likeness (QED) is 0.543. The first kappa shape index (κ1) is 10.7. The van der Waals surface area contributed by atoms with Crippen LogP contribution in [0.5, 0.6) is 0 Å². The van der Waals surface area contributed by atoms with Crippen molar-refractivity contribution >= 4 is 18.4 Å². The molecule has 0 aromatic rings. The molecule has 1 fully saturated rings. The van der Waals surface area contributed by atoms with Gasteiger partial charge in [0, 0.05) is 6.04 Å². The van der Waals surface area contributed by atoms with E-state index in [4.69, 9.17) is 10.2 Å². The van der Waals surface area contributed by atoms with Crippen molar-refractivity contribution in [3.8, 4) is 0 Å². The Bertz CT molecular complexity index is 136. The van der Waals surface area contributed by atoms with Crippen LogP contribution in [0.3, 0.4) is 0 Å². The molecule has 5 heteroatoms. The van der Waals surface area contributed by atoms with E-state index in [1.54, 1.807) is 0 Å². The Kier molecular flexibility index (Phi) is 4.40. The Hall–Kier alpha value is -0.320. The molecule has 1 aliphatic heterocycles. The van der Waals surface area contributed by atoms with Gasteiger partial charge in [0.25, 0.3) is 0 Å². The maximum Gasteiger partial charge on any atom is 0.334 e. The zero-order chi connectivity index (χ0) is 7.56. The predicted molar refractivity (Wildman–Crippen MR) is 41.9 cm³/mol. The van der Waals surface area contributed by atoms with E-state index in [0.29, 0.717) is 0 Å². The van der Waals surface area contributed by atoms with Gasteiger partial charge in [-0.2, -0.15) is 0 Å². The van der Waals surface area contributed by atoms with Gasteiger partial charge in [-0.3, -0.25) is 0 Å². The lowest BCUT2D eigenvalue weighted by atomic mass is 10.1. The summed E-state index contributed by atoms with van der Waals surface area (Å²) in [6, 6.07) is -0.238. The van der Waals surface area contributed by atoms with E-state index < -0.39 is 12.1 Å². The smallest absolute Gasteiger partial charge is 0.334 e. The molecular formula is C6H12ClNO3. The fraction of sp³-hybridized carbons (Fsp3) is 0.833. The summed E-state index contributed by atoms with van der Waals surface area (Å²) in [6.45, 7) is 0.814. The molecule has 0 aromatic heterocycles. The highest BCUT2D eigenvalue weighted by molar-refractivity contribution is 5.85. The van der Waals surface area contributed by atoms with E-state index in [1.807, 2.05) is 0 Å². The highest BCUT2D eigenvalue weighted by atomic mass is 35.5. The van der Waals surface area contributed by atoms with Crippen LogP contribution in [0.4, 0.5) is 0 Å². The summed E-state index contributed by atoms with van der Waals surface area (Å²) < 4.78 is 0. The van der Waals surface area contributed by atoms with Gasteiger partial charge < -0.3 is 15.5 Å². The van der Waals surface area contributed by atoms with Gasteiger partial charge in [-0.15, -0.1) is 12.4 Å². The molecule has 1 aliphatic rings. The minimum Gasteiger partial charge on any atom is -0.479 e. The van der Waals surface area contributed by atoms with E-state index in [2.05, 4.69) is 5.32 Å². The molecule has 66 valence electrons. The molecule has 0 radical (unpaired) electrons. The minimum atomic E-state index is -1.23. The lowest BCUT2D eigenvalue weighted by Gasteiger charge is -2.12. The molecule has 0 bridgehead atoms. The molecule has 0 saturated carbocycles. The second-order valence-electron chi connectivity index (χ2n) is 2.49. The van der Waals surface area contributed by atoms with Crippen LogP contribution in [0.25, 0.3) is 0 Å². The average molecular weight is 182 g/mol. The SMILES string of the molecule is Cl.O=C(O)[C@H](O)[C@@H]1CCCN1. The van der Waals surface area contributed by atoms with Crippen LogP contribution in [-0.2, 0) is 4.79 Å². The lowest BCUT2D eigenvalue weighted by molar-refractivity contribution is -0.147. The van der Waals surface area contributed by atoms with Gasteiger partial charge in [0.15, 0.2) is 6.10 Å². The Morgan fingerprint density at radius 3 is 2.64 bits per heavy atom. The number of carbonyl (C=O) groups is 1. The first-order valence-corrected chi connectivity index (χ1v) is 3.36. The van der Waals surface area contributed by atoms with Crippen molar-refractivity contribution in [3.05, 3.63) is 0 Å². The fourth-order valence-corrected chi connectivity index (χ4v) is 1.15. The van der Waals surface area contributed by atoms with Gasteiger partial charge in [-0.1, -0.05) is 0 Å². The van der Waals surface area contributed by atoms with Gasteiger partial charge in [0.1, 0.15) is 0 Å². The van der Waals surface area contributed by atoms with Crippen LogP contribution in [0.15, 0.2) is 0 Å². The third kappa shape index (κ3) is 2.65. The fourth-order valence-electron chi connectivity index (χ4n) is 1.15. The largest absolute Gasteiger partial charge is 0.479 e. The first-order chi connectivity index (χ1) is 4.72. The minimum absolute atomic E-state index is 0. The Morgan fingerprint density at radius 2 is 2.27 bits per heavy atom. The third-order valence-corrected chi connectivity index (χ3v) is 1.73. The highest BCUT2D eigenvalue weighted by Gasteiger charge is 2.27. The van der Waals surface area contributed by atoms with Crippen molar-refractivity contribution in [2.45, 2.75) is 25.0 Å². The third-order valence-electron chi connectivity index (χ3n) is 1.73. The number of hydrogen-bond donors (Lipinski definition) is 3. The molecule has 1 saturated heterocycles. The predicted octanol–water partition coefficient (Wildman–Crippen LogP) is -0.394. The van der Waals surface area contributed by atoms with Gasteiger partial charge in [0.2, 0.25) is 0 Å².